The Morgan fingerprint density at radius 3 is 2.64 bits per heavy atom. The van der Waals surface area contributed by atoms with E-state index in [9.17, 15) is 18.0 Å². The van der Waals surface area contributed by atoms with Gasteiger partial charge in [-0.05, 0) is 37.3 Å². The van der Waals surface area contributed by atoms with Crippen molar-refractivity contribution in [3.05, 3.63) is 48.0 Å². The molecule has 0 fully saturated rings. The van der Waals surface area contributed by atoms with Crippen LogP contribution in [0, 0.1) is 0 Å². The number of ether oxygens (including phenoxy) is 1. The number of carbonyl (C=O) groups is 2. The second kappa shape index (κ2) is 6.21. The Morgan fingerprint density at radius 2 is 1.92 bits per heavy atom. The zero-order valence-electron chi connectivity index (χ0n) is 13.6. The van der Waals surface area contributed by atoms with Gasteiger partial charge in [-0.2, -0.15) is 0 Å². The highest BCUT2D eigenvalue weighted by atomic mass is 32.2. The number of rotatable bonds is 3. The molecule has 130 valence electrons. The molecule has 0 radical (unpaired) electrons. The fourth-order valence-electron chi connectivity index (χ4n) is 2.46. The van der Waals surface area contributed by atoms with Crippen LogP contribution in [0.1, 0.15) is 17.3 Å². The van der Waals surface area contributed by atoms with Crippen LogP contribution < -0.4 is 15.4 Å². The largest absolute Gasteiger partial charge is 0.479 e. The molecule has 0 aliphatic carbocycles. The van der Waals surface area contributed by atoms with Crippen LogP contribution in [0.4, 0.5) is 11.4 Å². The Balaban J connectivity index is 1.88. The number of hydrogen-bond acceptors (Lipinski definition) is 5. The average molecular weight is 360 g/mol. The number of carbonyl (C=O) groups excluding carboxylic acids is 2. The molecule has 0 saturated carbocycles. The molecule has 0 unspecified atom stereocenters. The van der Waals surface area contributed by atoms with Gasteiger partial charge in [-0.1, -0.05) is 12.1 Å². The molecule has 2 aromatic carbocycles. The van der Waals surface area contributed by atoms with Crippen LogP contribution in [0.2, 0.25) is 0 Å². The van der Waals surface area contributed by atoms with Crippen molar-refractivity contribution in [2.75, 3.05) is 16.9 Å². The summed E-state index contributed by atoms with van der Waals surface area (Å²) in [5, 5.41) is 5.32. The molecule has 0 bridgehead atoms. The van der Waals surface area contributed by atoms with E-state index < -0.39 is 21.8 Å². The maximum atomic E-state index is 12.5. The molecule has 1 heterocycles. The lowest BCUT2D eigenvalue weighted by Crippen LogP contribution is -2.34. The maximum absolute atomic E-state index is 12.5. The summed E-state index contributed by atoms with van der Waals surface area (Å²) in [5.41, 5.74) is 0.902. The first-order valence-electron chi connectivity index (χ1n) is 7.48. The summed E-state index contributed by atoms with van der Waals surface area (Å²) in [6.45, 7) is 1.63. The van der Waals surface area contributed by atoms with Crippen molar-refractivity contribution in [1.82, 2.24) is 0 Å². The summed E-state index contributed by atoms with van der Waals surface area (Å²) in [7, 11) is -3.54. The monoisotopic (exact) mass is 360 g/mol. The van der Waals surface area contributed by atoms with Gasteiger partial charge in [0.1, 0.15) is 5.75 Å². The van der Waals surface area contributed by atoms with E-state index in [-0.39, 0.29) is 16.4 Å². The fraction of sp³-hybridized carbons (Fsp3) is 0.176. The van der Waals surface area contributed by atoms with E-state index in [0.29, 0.717) is 17.1 Å². The topological polar surface area (TPSA) is 102 Å². The van der Waals surface area contributed by atoms with Crippen molar-refractivity contribution in [3.8, 4) is 5.75 Å². The molecule has 2 amide bonds. The Bertz CT molecular complexity index is 969. The van der Waals surface area contributed by atoms with Crippen LogP contribution in [0.3, 0.4) is 0 Å². The molecule has 0 spiro atoms. The molecule has 0 saturated heterocycles. The van der Waals surface area contributed by atoms with E-state index in [4.69, 9.17) is 4.74 Å². The van der Waals surface area contributed by atoms with Crippen molar-refractivity contribution in [2.45, 2.75) is 17.9 Å². The van der Waals surface area contributed by atoms with Crippen LogP contribution in [-0.4, -0.2) is 32.6 Å². The Labute approximate surface area is 144 Å². The summed E-state index contributed by atoms with van der Waals surface area (Å²) in [5.74, 6) is -0.336. The normalized spacial score (nSPS) is 16.4. The van der Waals surface area contributed by atoms with Gasteiger partial charge in [-0.3, -0.25) is 9.59 Å². The third-order valence-electron chi connectivity index (χ3n) is 3.70. The number of sulfone groups is 1. The van der Waals surface area contributed by atoms with E-state index in [1.54, 1.807) is 37.3 Å². The first-order valence-corrected chi connectivity index (χ1v) is 9.37. The molecule has 2 N–H and O–H groups in total. The van der Waals surface area contributed by atoms with E-state index >= 15 is 0 Å². The van der Waals surface area contributed by atoms with E-state index in [2.05, 4.69) is 10.6 Å². The molecule has 7 nitrogen and oxygen atoms in total. The highest BCUT2D eigenvalue weighted by Crippen LogP contribution is 2.32. The van der Waals surface area contributed by atoms with Crippen LogP contribution >= 0.6 is 0 Å². The number of nitrogens with one attached hydrogen (secondary N) is 2. The van der Waals surface area contributed by atoms with Crippen molar-refractivity contribution < 1.29 is 22.7 Å². The van der Waals surface area contributed by atoms with E-state index in [1.165, 1.54) is 12.1 Å². The lowest BCUT2D eigenvalue weighted by atomic mass is 10.2. The predicted molar refractivity (Wildman–Crippen MR) is 92.7 cm³/mol. The van der Waals surface area contributed by atoms with E-state index in [1.807, 2.05) is 0 Å². The highest BCUT2D eigenvalue weighted by molar-refractivity contribution is 7.90. The van der Waals surface area contributed by atoms with Crippen molar-refractivity contribution in [3.63, 3.8) is 0 Å². The van der Waals surface area contributed by atoms with Gasteiger partial charge in [0.25, 0.3) is 11.8 Å². The number of amides is 2. The van der Waals surface area contributed by atoms with Crippen LogP contribution in [0.15, 0.2) is 47.4 Å². The Kier molecular flexibility index (Phi) is 4.22. The van der Waals surface area contributed by atoms with Gasteiger partial charge in [-0.25, -0.2) is 8.42 Å². The minimum Gasteiger partial charge on any atom is -0.479 e. The van der Waals surface area contributed by atoms with Gasteiger partial charge in [0.05, 0.1) is 16.1 Å². The SMILES string of the molecule is C[C@H]1Oc2ccc(NC(=O)c3ccccc3S(C)(=O)=O)cc2NC1=O. The quantitative estimate of drug-likeness (QED) is 0.872. The van der Waals surface area contributed by atoms with Gasteiger partial charge in [0.2, 0.25) is 0 Å². The summed E-state index contributed by atoms with van der Waals surface area (Å²) in [6.07, 6.45) is 0.459. The highest BCUT2D eigenvalue weighted by Gasteiger charge is 2.24. The molecule has 1 aliphatic rings. The smallest absolute Gasteiger partial charge is 0.265 e. The van der Waals surface area contributed by atoms with E-state index in [0.717, 1.165) is 6.26 Å². The second-order valence-electron chi connectivity index (χ2n) is 5.68. The standard InChI is InChI=1S/C17H16N2O5S/c1-10-16(20)19-13-9-11(7-8-14(13)24-10)18-17(21)12-5-3-4-6-15(12)25(2,22)23/h3-10H,1-2H3,(H,18,21)(H,19,20)/t10-/m1/s1. The number of benzene rings is 2. The van der Waals surface area contributed by atoms with Crippen molar-refractivity contribution >= 4 is 33.0 Å². The minimum atomic E-state index is -3.54. The molecular weight excluding hydrogens is 344 g/mol. The molecule has 8 heteroatoms. The average Bonchev–Trinajstić information content (AvgIpc) is 2.55. The molecule has 0 aromatic heterocycles. The van der Waals surface area contributed by atoms with Crippen molar-refractivity contribution in [1.29, 1.82) is 0 Å². The maximum Gasteiger partial charge on any atom is 0.265 e. The first-order chi connectivity index (χ1) is 11.8. The third kappa shape index (κ3) is 3.48. The Morgan fingerprint density at radius 1 is 1.20 bits per heavy atom. The summed E-state index contributed by atoms with van der Waals surface area (Å²) in [6, 6.07) is 10.8. The van der Waals surface area contributed by atoms with Crippen molar-refractivity contribution in [2.24, 2.45) is 0 Å². The zero-order chi connectivity index (χ0) is 18.2. The summed E-state index contributed by atoms with van der Waals surface area (Å²) >= 11 is 0. The second-order valence-corrected chi connectivity index (χ2v) is 7.67. The Hall–Kier alpha value is -2.87. The molecule has 2 aromatic rings. The molecular formula is C17H16N2O5S. The van der Waals surface area contributed by atoms with Gasteiger partial charge in [-0.15, -0.1) is 0 Å². The minimum absolute atomic E-state index is 0.0454. The fourth-order valence-corrected chi connectivity index (χ4v) is 3.35. The van der Waals surface area contributed by atoms with Gasteiger partial charge < -0.3 is 15.4 Å². The zero-order valence-corrected chi connectivity index (χ0v) is 14.4. The lowest BCUT2D eigenvalue weighted by molar-refractivity contribution is -0.122. The van der Waals surface area contributed by atoms with Crippen LogP contribution in [0.25, 0.3) is 0 Å². The molecule has 25 heavy (non-hydrogen) atoms. The summed E-state index contributed by atoms with van der Waals surface area (Å²) < 4.78 is 29.1. The van der Waals surface area contributed by atoms with Gasteiger partial charge in [0, 0.05) is 11.9 Å². The third-order valence-corrected chi connectivity index (χ3v) is 4.85. The number of anilines is 2. The first kappa shape index (κ1) is 17.0. The predicted octanol–water partition coefficient (Wildman–Crippen LogP) is 2.06. The van der Waals surface area contributed by atoms with Crippen LogP contribution in [-0.2, 0) is 14.6 Å². The van der Waals surface area contributed by atoms with Gasteiger partial charge in [0.15, 0.2) is 15.9 Å². The molecule has 1 atom stereocenters. The summed E-state index contributed by atoms with van der Waals surface area (Å²) in [4.78, 5) is 24.1. The lowest BCUT2D eigenvalue weighted by Gasteiger charge is -2.23. The molecule has 3 rings (SSSR count). The number of fused-ring (bicyclic) bond motifs is 1. The number of hydrogen-bond donors (Lipinski definition) is 2. The molecule has 1 aliphatic heterocycles. The van der Waals surface area contributed by atoms with Crippen LogP contribution in [0.5, 0.6) is 5.75 Å². The van der Waals surface area contributed by atoms with Gasteiger partial charge >= 0.3 is 0 Å².